The molecule has 2 rings (SSSR count). The third kappa shape index (κ3) is 3.12. The van der Waals surface area contributed by atoms with Gasteiger partial charge in [0.2, 0.25) is 0 Å². The average molecular weight is 271 g/mol. The van der Waals surface area contributed by atoms with Gasteiger partial charge in [-0.15, -0.1) is 0 Å². The van der Waals surface area contributed by atoms with Gasteiger partial charge in [-0.2, -0.15) is 5.10 Å². The minimum Gasteiger partial charge on any atom is -0.321 e. The number of anilines is 1. The summed E-state index contributed by atoms with van der Waals surface area (Å²) in [4.78, 5) is 23.2. The fraction of sp³-hybridized carbons (Fsp3) is 0.267. The smallest absolute Gasteiger partial charge is 0.276 e. The maximum Gasteiger partial charge on any atom is 0.276 e. The number of hydrogen-bond acceptors (Lipinski definition) is 3. The highest BCUT2D eigenvalue weighted by Crippen LogP contribution is 2.17. The van der Waals surface area contributed by atoms with Gasteiger partial charge in [-0.05, 0) is 29.7 Å². The number of nitrogens with one attached hydrogen (secondary N) is 1. The lowest BCUT2D eigenvalue weighted by Crippen LogP contribution is -2.23. The highest BCUT2D eigenvalue weighted by Gasteiger charge is 2.09. The summed E-state index contributed by atoms with van der Waals surface area (Å²) in [6.07, 6.45) is 0. The molecule has 0 bridgehead atoms. The van der Waals surface area contributed by atoms with Crippen LogP contribution in [0.5, 0.6) is 0 Å². The quantitative estimate of drug-likeness (QED) is 0.930. The van der Waals surface area contributed by atoms with Gasteiger partial charge in [0.15, 0.2) is 0 Å². The lowest BCUT2D eigenvalue weighted by molar-refractivity contribution is 0.102. The summed E-state index contributed by atoms with van der Waals surface area (Å²) in [5.74, 6) is 0.114. The van der Waals surface area contributed by atoms with Crippen molar-refractivity contribution in [3.8, 4) is 0 Å². The number of carbonyl (C=O) groups is 1. The van der Waals surface area contributed by atoms with Crippen LogP contribution >= 0.6 is 0 Å². The van der Waals surface area contributed by atoms with Crippen LogP contribution in [-0.4, -0.2) is 15.7 Å². The molecule has 0 aliphatic rings. The van der Waals surface area contributed by atoms with Crippen molar-refractivity contribution in [1.82, 2.24) is 9.78 Å². The zero-order valence-electron chi connectivity index (χ0n) is 11.8. The number of rotatable bonds is 3. The molecule has 0 fully saturated rings. The van der Waals surface area contributed by atoms with E-state index in [2.05, 4.69) is 24.3 Å². The molecular formula is C15H17N3O2. The van der Waals surface area contributed by atoms with Gasteiger partial charge in [-0.25, -0.2) is 4.68 Å². The predicted molar refractivity (Wildman–Crippen MR) is 78.0 cm³/mol. The first-order chi connectivity index (χ1) is 9.47. The van der Waals surface area contributed by atoms with Crippen molar-refractivity contribution in [3.63, 3.8) is 0 Å². The summed E-state index contributed by atoms with van der Waals surface area (Å²) in [5, 5.41) is 6.66. The molecule has 0 aliphatic heterocycles. The van der Waals surface area contributed by atoms with Crippen molar-refractivity contribution in [3.05, 3.63) is 58.0 Å². The first kappa shape index (κ1) is 14.0. The van der Waals surface area contributed by atoms with Gasteiger partial charge in [0.05, 0.1) is 0 Å². The SMILES string of the molecule is CC(C)c1ccc(NC(=O)c2ccc(=O)n(C)n2)cc1. The molecule has 0 saturated carbocycles. The second-order valence-electron chi connectivity index (χ2n) is 4.91. The zero-order valence-corrected chi connectivity index (χ0v) is 11.8. The minimum atomic E-state index is -0.335. The highest BCUT2D eigenvalue weighted by molar-refractivity contribution is 6.02. The van der Waals surface area contributed by atoms with E-state index in [1.807, 2.05) is 24.3 Å². The van der Waals surface area contributed by atoms with Gasteiger partial charge < -0.3 is 5.32 Å². The molecule has 0 spiro atoms. The van der Waals surface area contributed by atoms with Gasteiger partial charge in [0, 0.05) is 18.8 Å². The Hall–Kier alpha value is -2.43. The number of amides is 1. The van der Waals surface area contributed by atoms with E-state index in [4.69, 9.17) is 0 Å². The van der Waals surface area contributed by atoms with Crippen LogP contribution in [0.15, 0.2) is 41.2 Å². The van der Waals surface area contributed by atoms with Crippen LogP contribution in [-0.2, 0) is 7.05 Å². The Bertz CT molecular complexity index is 672. The van der Waals surface area contributed by atoms with Crippen molar-refractivity contribution in [2.45, 2.75) is 19.8 Å². The second-order valence-corrected chi connectivity index (χ2v) is 4.91. The number of carbonyl (C=O) groups excluding carboxylic acids is 1. The molecule has 1 N–H and O–H groups in total. The van der Waals surface area contributed by atoms with Gasteiger partial charge in [0.25, 0.3) is 11.5 Å². The van der Waals surface area contributed by atoms with Crippen LogP contribution < -0.4 is 10.9 Å². The van der Waals surface area contributed by atoms with E-state index in [0.717, 1.165) is 4.68 Å². The molecule has 5 heteroatoms. The Balaban J connectivity index is 2.14. The van der Waals surface area contributed by atoms with E-state index in [0.29, 0.717) is 11.6 Å². The van der Waals surface area contributed by atoms with Crippen LogP contribution in [0.1, 0.15) is 35.8 Å². The maximum absolute atomic E-state index is 12.0. The Kier molecular flexibility index (Phi) is 3.98. The summed E-state index contributed by atoms with van der Waals surface area (Å²) in [5.41, 5.74) is 1.88. The third-order valence-electron chi connectivity index (χ3n) is 3.03. The molecule has 1 aromatic carbocycles. The zero-order chi connectivity index (χ0) is 14.7. The van der Waals surface area contributed by atoms with Crippen molar-refractivity contribution >= 4 is 11.6 Å². The average Bonchev–Trinajstić information content (AvgIpc) is 2.42. The molecule has 0 unspecified atom stereocenters. The van der Waals surface area contributed by atoms with E-state index in [1.165, 1.54) is 24.7 Å². The first-order valence-corrected chi connectivity index (χ1v) is 6.43. The molecule has 0 radical (unpaired) electrons. The van der Waals surface area contributed by atoms with E-state index >= 15 is 0 Å². The lowest BCUT2D eigenvalue weighted by atomic mass is 10.0. The predicted octanol–water partition coefficient (Wildman–Crippen LogP) is 2.16. The Morgan fingerprint density at radius 2 is 1.80 bits per heavy atom. The normalized spacial score (nSPS) is 10.6. The molecule has 0 atom stereocenters. The van der Waals surface area contributed by atoms with Crippen molar-refractivity contribution in [2.75, 3.05) is 5.32 Å². The molecular weight excluding hydrogens is 254 g/mol. The summed E-state index contributed by atoms with van der Waals surface area (Å²) >= 11 is 0. The number of hydrogen-bond donors (Lipinski definition) is 1. The molecule has 2 aromatic rings. The van der Waals surface area contributed by atoms with Gasteiger partial charge in [0.1, 0.15) is 5.69 Å². The van der Waals surface area contributed by atoms with E-state index in [9.17, 15) is 9.59 Å². The molecule has 0 aliphatic carbocycles. The number of nitrogens with zero attached hydrogens (tertiary/aromatic N) is 2. The molecule has 1 aromatic heterocycles. The van der Waals surface area contributed by atoms with E-state index in [1.54, 1.807) is 0 Å². The molecule has 20 heavy (non-hydrogen) atoms. The maximum atomic E-state index is 12.0. The van der Waals surface area contributed by atoms with Crippen molar-refractivity contribution < 1.29 is 4.79 Å². The largest absolute Gasteiger partial charge is 0.321 e. The van der Waals surface area contributed by atoms with Crippen molar-refractivity contribution in [1.29, 1.82) is 0 Å². The van der Waals surface area contributed by atoms with Crippen LogP contribution in [0.4, 0.5) is 5.69 Å². The van der Waals surface area contributed by atoms with Crippen LogP contribution in [0, 0.1) is 0 Å². The molecule has 5 nitrogen and oxygen atoms in total. The molecule has 1 heterocycles. The summed E-state index contributed by atoms with van der Waals surface area (Å²) < 4.78 is 1.14. The Morgan fingerprint density at radius 1 is 1.15 bits per heavy atom. The lowest BCUT2D eigenvalue weighted by Gasteiger charge is -2.08. The third-order valence-corrected chi connectivity index (χ3v) is 3.03. The second kappa shape index (κ2) is 5.69. The highest BCUT2D eigenvalue weighted by atomic mass is 16.2. The van der Waals surface area contributed by atoms with E-state index < -0.39 is 0 Å². The monoisotopic (exact) mass is 271 g/mol. The molecule has 104 valence electrons. The molecule has 0 saturated heterocycles. The van der Waals surface area contributed by atoms with Crippen LogP contribution in [0.2, 0.25) is 0 Å². The topological polar surface area (TPSA) is 64.0 Å². The fourth-order valence-corrected chi connectivity index (χ4v) is 1.77. The Labute approximate surface area is 117 Å². The Morgan fingerprint density at radius 3 is 2.35 bits per heavy atom. The minimum absolute atomic E-state index is 0.208. The van der Waals surface area contributed by atoms with Gasteiger partial charge >= 0.3 is 0 Å². The summed E-state index contributed by atoms with van der Waals surface area (Å²) in [6, 6.07) is 10.4. The number of benzene rings is 1. The van der Waals surface area contributed by atoms with Gasteiger partial charge in [-0.1, -0.05) is 26.0 Å². The summed E-state index contributed by atoms with van der Waals surface area (Å²) in [7, 11) is 1.51. The summed E-state index contributed by atoms with van der Waals surface area (Å²) in [6.45, 7) is 4.23. The van der Waals surface area contributed by atoms with E-state index in [-0.39, 0.29) is 17.2 Å². The number of aryl methyl sites for hydroxylation is 1. The van der Waals surface area contributed by atoms with Gasteiger partial charge in [-0.3, -0.25) is 9.59 Å². The van der Waals surface area contributed by atoms with Crippen LogP contribution in [0.25, 0.3) is 0 Å². The van der Waals surface area contributed by atoms with Crippen LogP contribution in [0.3, 0.4) is 0 Å². The standard InChI is InChI=1S/C15H17N3O2/c1-10(2)11-4-6-12(7-5-11)16-15(20)13-8-9-14(19)18(3)17-13/h4-10H,1-3H3,(H,16,20). The van der Waals surface area contributed by atoms with Crippen molar-refractivity contribution in [2.24, 2.45) is 7.05 Å². The fourth-order valence-electron chi connectivity index (χ4n) is 1.77. The number of aromatic nitrogens is 2. The molecule has 1 amide bonds. The first-order valence-electron chi connectivity index (χ1n) is 6.43.